The van der Waals surface area contributed by atoms with Crippen molar-refractivity contribution < 1.29 is 14.0 Å². The molecule has 2 amide bonds. The van der Waals surface area contributed by atoms with Crippen molar-refractivity contribution in [1.29, 1.82) is 0 Å². The van der Waals surface area contributed by atoms with Crippen LogP contribution >= 0.6 is 46.4 Å². The summed E-state index contributed by atoms with van der Waals surface area (Å²) in [6.45, 7) is 0. The summed E-state index contributed by atoms with van der Waals surface area (Å²) in [6, 6.07) is 14.3. The predicted octanol–water partition coefficient (Wildman–Crippen LogP) is 7.41. The maximum atomic E-state index is 13.0. The molecule has 1 aliphatic rings. The number of oxazole rings is 1. The molecule has 4 aromatic rings. The van der Waals surface area contributed by atoms with E-state index in [1.165, 1.54) is 0 Å². The zero-order valence-electron chi connectivity index (χ0n) is 15.9. The van der Waals surface area contributed by atoms with Gasteiger partial charge in [0.1, 0.15) is 5.52 Å². The molecule has 0 atom stereocenters. The number of fused-ring (bicyclic) bond motifs is 2. The number of anilines is 1. The topological polar surface area (TPSA) is 63.4 Å². The minimum absolute atomic E-state index is 0.0593. The lowest BCUT2D eigenvalue weighted by Gasteiger charge is -2.14. The summed E-state index contributed by atoms with van der Waals surface area (Å²) in [5.74, 6) is -0.774. The lowest BCUT2D eigenvalue weighted by atomic mass is 10.1. The van der Waals surface area contributed by atoms with E-state index >= 15 is 0 Å². The normalized spacial score (nSPS) is 13.6. The van der Waals surface area contributed by atoms with Crippen molar-refractivity contribution in [2.24, 2.45) is 0 Å². The fraction of sp³-hybridized carbons (Fsp3) is 0. The van der Waals surface area contributed by atoms with E-state index < -0.39 is 11.8 Å². The third kappa shape index (κ3) is 3.29. The molecule has 0 saturated carbocycles. The molecular formula is C23H10Cl4N2O3. The van der Waals surface area contributed by atoms with Gasteiger partial charge in [-0.05, 0) is 35.9 Å². The van der Waals surface area contributed by atoms with Crippen LogP contribution in [0.15, 0.2) is 52.9 Å². The van der Waals surface area contributed by atoms with Crippen LogP contribution in [0.25, 0.3) is 23.3 Å². The Morgan fingerprint density at radius 3 is 1.94 bits per heavy atom. The van der Waals surface area contributed by atoms with Gasteiger partial charge >= 0.3 is 0 Å². The van der Waals surface area contributed by atoms with Crippen LogP contribution in [0.5, 0.6) is 0 Å². The van der Waals surface area contributed by atoms with Crippen molar-refractivity contribution >= 4 is 87.2 Å². The molecule has 0 spiro atoms. The van der Waals surface area contributed by atoms with Gasteiger partial charge in [0.2, 0.25) is 5.89 Å². The number of para-hydroxylation sites is 2. The van der Waals surface area contributed by atoms with Gasteiger partial charge in [-0.3, -0.25) is 9.59 Å². The summed E-state index contributed by atoms with van der Waals surface area (Å²) in [7, 11) is 0. The standard InChI is InChI=1S/C23H10Cl4N2O3/c24-18-16-17(19(25)21(27)20(18)26)23(31)29(22(16)30)12-8-5-11(6-9-12)7-10-15-28-13-3-1-2-4-14(13)32-15/h1-10H/b10-7+. The Balaban J connectivity index is 1.44. The number of amides is 2. The number of hydrogen-bond acceptors (Lipinski definition) is 4. The van der Waals surface area contributed by atoms with Crippen LogP contribution in [0.3, 0.4) is 0 Å². The number of aromatic nitrogens is 1. The molecule has 1 aliphatic heterocycles. The van der Waals surface area contributed by atoms with Crippen LogP contribution < -0.4 is 4.90 Å². The molecule has 0 aliphatic carbocycles. The van der Waals surface area contributed by atoms with E-state index in [0.717, 1.165) is 16.0 Å². The van der Waals surface area contributed by atoms with Crippen LogP contribution in [0.2, 0.25) is 20.1 Å². The lowest BCUT2D eigenvalue weighted by molar-refractivity contribution is 0.0926. The van der Waals surface area contributed by atoms with E-state index in [4.69, 9.17) is 50.8 Å². The first kappa shape index (κ1) is 21.0. The molecule has 0 saturated heterocycles. The number of benzene rings is 3. The largest absolute Gasteiger partial charge is 0.437 e. The van der Waals surface area contributed by atoms with E-state index in [2.05, 4.69) is 4.98 Å². The average molecular weight is 504 g/mol. The van der Waals surface area contributed by atoms with Gasteiger partial charge in [0.05, 0.1) is 36.9 Å². The third-order valence-electron chi connectivity index (χ3n) is 4.98. The molecule has 0 unspecified atom stereocenters. The van der Waals surface area contributed by atoms with Gasteiger partial charge in [-0.1, -0.05) is 70.7 Å². The summed E-state index contributed by atoms with van der Waals surface area (Å²) >= 11 is 24.5. The highest BCUT2D eigenvalue weighted by atomic mass is 35.5. The Morgan fingerprint density at radius 1 is 0.750 bits per heavy atom. The zero-order chi connectivity index (χ0) is 22.6. The van der Waals surface area contributed by atoms with Crippen LogP contribution in [0.4, 0.5) is 5.69 Å². The van der Waals surface area contributed by atoms with Crippen LogP contribution in [-0.4, -0.2) is 16.8 Å². The minimum Gasteiger partial charge on any atom is -0.437 e. The van der Waals surface area contributed by atoms with Gasteiger partial charge in [0, 0.05) is 6.08 Å². The molecule has 5 rings (SSSR count). The number of rotatable bonds is 3. The Morgan fingerprint density at radius 2 is 1.34 bits per heavy atom. The summed E-state index contributed by atoms with van der Waals surface area (Å²) in [4.78, 5) is 31.3. The zero-order valence-corrected chi connectivity index (χ0v) is 18.9. The molecule has 0 radical (unpaired) electrons. The predicted molar refractivity (Wildman–Crippen MR) is 127 cm³/mol. The second-order valence-corrected chi connectivity index (χ2v) is 8.41. The molecule has 0 fully saturated rings. The SMILES string of the molecule is O=C1c2c(Cl)c(Cl)c(Cl)c(Cl)c2C(=O)N1c1ccc(/C=C/c2nc3ccccc3o2)cc1. The van der Waals surface area contributed by atoms with E-state index in [1.807, 2.05) is 30.3 Å². The Hall–Kier alpha value is -2.83. The van der Waals surface area contributed by atoms with Gasteiger partial charge in [0.15, 0.2) is 5.58 Å². The van der Waals surface area contributed by atoms with Crippen LogP contribution in [0, 0.1) is 0 Å². The molecule has 32 heavy (non-hydrogen) atoms. The first-order valence-corrected chi connectivity index (χ1v) is 10.8. The molecule has 3 aromatic carbocycles. The Kier molecular flexibility index (Phi) is 5.22. The minimum atomic E-state index is -0.620. The van der Waals surface area contributed by atoms with Crippen molar-refractivity contribution in [3.63, 3.8) is 0 Å². The maximum Gasteiger partial charge on any atom is 0.267 e. The first-order chi connectivity index (χ1) is 15.4. The Bertz CT molecular complexity index is 1380. The number of carbonyl (C=O) groups is 2. The summed E-state index contributed by atoms with van der Waals surface area (Å²) in [5.41, 5.74) is 2.52. The highest BCUT2D eigenvalue weighted by Gasteiger charge is 2.42. The highest BCUT2D eigenvalue weighted by Crippen LogP contribution is 2.45. The van der Waals surface area contributed by atoms with Crippen molar-refractivity contribution in [3.05, 3.63) is 91.2 Å². The fourth-order valence-corrected chi connectivity index (χ4v) is 4.46. The van der Waals surface area contributed by atoms with Crippen molar-refractivity contribution in [2.75, 3.05) is 4.90 Å². The van der Waals surface area contributed by atoms with Crippen LogP contribution in [-0.2, 0) is 0 Å². The number of carbonyl (C=O) groups excluding carboxylic acids is 2. The molecule has 158 valence electrons. The lowest BCUT2D eigenvalue weighted by Crippen LogP contribution is -2.29. The van der Waals surface area contributed by atoms with Crippen LogP contribution in [0.1, 0.15) is 32.2 Å². The van der Waals surface area contributed by atoms with Gasteiger partial charge in [-0.2, -0.15) is 0 Å². The quantitative estimate of drug-likeness (QED) is 0.166. The number of hydrogen-bond donors (Lipinski definition) is 0. The summed E-state index contributed by atoms with van der Waals surface area (Å²) < 4.78 is 5.66. The van der Waals surface area contributed by atoms with E-state index in [-0.39, 0.29) is 31.2 Å². The molecule has 2 heterocycles. The van der Waals surface area contributed by atoms with Crippen molar-refractivity contribution in [2.45, 2.75) is 0 Å². The van der Waals surface area contributed by atoms with Gasteiger partial charge < -0.3 is 4.42 Å². The molecule has 0 bridgehead atoms. The molecule has 1 aromatic heterocycles. The smallest absolute Gasteiger partial charge is 0.267 e. The number of nitrogens with zero attached hydrogens (tertiary/aromatic N) is 2. The first-order valence-electron chi connectivity index (χ1n) is 9.25. The van der Waals surface area contributed by atoms with Gasteiger partial charge in [-0.15, -0.1) is 0 Å². The van der Waals surface area contributed by atoms with Gasteiger partial charge in [0.25, 0.3) is 11.8 Å². The second-order valence-electron chi connectivity index (χ2n) is 6.90. The Labute approximate surface area is 201 Å². The second kappa shape index (κ2) is 7.94. The van der Waals surface area contributed by atoms with E-state index in [0.29, 0.717) is 17.2 Å². The third-order valence-corrected chi connectivity index (χ3v) is 6.78. The van der Waals surface area contributed by atoms with E-state index in [1.54, 1.807) is 30.3 Å². The molecular weight excluding hydrogens is 494 g/mol. The molecule has 5 nitrogen and oxygen atoms in total. The summed E-state index contributed by atoms with van der Waals surface area (Å²) in [5, 5.41) is -0.343. The van der Waals surface area contributed by atoms with Crippen molar-refractivity contribution in [1.82, 2.24) is 4.98 Å². The fourth-order valence-electron chi connectivity index (χ4n) is 3.45. The number of imide groups is 1. The number of halogens is 4. The maximum absolute atomic E-state index is 13.0. The van der Waals surface area contributed by atoms with Crippen molar-refractivity contribution in [3.8, 4) is 0 Å². The van der Waals surface area contributed by atoms with E-state index in [9.17, 15) is 9.59 Å². The monoisotopic (exact) mass is 502 g/mol. The molecule has 0 N–H and O–H groups in total. The van der Waals surface area contributed by atoms with Gasteiger partial charge in [-0.25, -0.2) is 9.88 Å². The highest BCUT2D eigenvalue weighted by molar-refractivity contribution is 6.56. The summed E-state index contributed by atoms with van der Waals surface area (Å²) in [6.07, 6.45) is 3.55. The molecule has 9 heteroatoms. The average Bonchev–Trinajstić information content (AvgIpc) is 3.33.